The van der Waals surface area contributed by atoms with Gasteiger partial charge in [0.05, 0.1) is 11.4 Å². The molecule has 0 saturated carbocycles. The summed E-state index contributed by atoms with van der Waals surface area (Å²) in [6.07, 6.45) is 3.52. The molecule has 1 aliphatic rings. The maximum atomic E-state index is 4.73. The average molecular weight is 259 g/mol. The predicted molar refractivity (Wildman–Crippen MR) is 79.9 cm³/mol. The molecule has 1 aromatic heterocycles. The van der Waals surface area contributed by atoms with Gasteiger partial charge in [-0.15, -0.1) is 0 Å². The predicted octanol–water partition coefficient (Wildman–Crippen LogP) is 2.73. The Labute approximate surface area is 116 Å². The van der Waals surface area contributed by atoms with E-state index < -0.39 is 0 Å². The average Bonchev–Trinajstić information content (AvgIpc) is 2.40. The Bertz CT molecular complexity index is 437. The molecule has 0 fully saturated rings. The van der Waals surface area contributed by atoms with E-state index in [1.807, 2.05) is 0 Å². The molecule has 3 heteroatoms. The summed E-state index contributed by atoms with van der Waals surface area (Å²) in [5, 5.41) is 3.41. The topological polar surface area (TPSA) is 28.2 Å². The normalized spacial score (nSPS) is 16.7. The van der Waals surface area contributed by atoms with Crippen LogP contribution in [0.5, 0.6) is 0 Å². The van der Waals surface area contributed by atoms with Gasteiger partial charge in [0.1, 0.15) is 0 Å². The minimum Gasteiger partial charge on any atom is -0.309 e. The van der Waals surface area contributed by atoms with Gasteiger partial charge in [0.2, 0.25) is 0 Å². The lowest BCUT2D eigenvalue weighted by molar-refractivity contribution is 0.282. The van der Waals surface area contributed by atoms with Crippen molar-refractivity contribution in [2.45, 2.75) is 46.3 Å². The summed E-state index contributed by atoms with van der Waals surface area (Å²) in [7, 11) is 0. The van der Waals surface area contributed by atoms with Gasteiger partial charge in [-0.3, -0.25) is 9.88 Å². The number of pyridine rings is 1. The monoisotopic (exact) mass is 259 g/mol. The third-order valence-corrected chi connectivity index (χ3v) is 3.46. The summed E-state index contributed by atoms with van der Waals surface area (Å²) in [6, 6.07) is 6.84. The van der Waals surface area contributed by atoms with E-state index in [-0.39, 0.29) is 0 Å². The van der Waals surface area contributed by atoms with Gasteiger partial charge in [-0.2, -0.15) is 0 Å². The van der Waals surface area contributed by atoms with Crippen LogP contribution in [0.4, 0.5) is 0 Å². The zero-order chi connectivity index (χ0) is 13.7. The zero-order valence-corrected chi connectivity index (χ0v) is 12.3. The van der Waals surface area contributed by atoms with Crippen molar-refractivity contribution in [3.05, 3.63) is 41.2 Å². The molecule has 19 heavy (non-hydrogen) atoms. The third kappa shape index (κ3) is 4.77. The molecule has 2 heterocycles. The summed E-state index contributed by atoms with van der Waals surface area (Å²) >= 11 is 0. The minimum atomic E-state index is 0.501. The first-order valence-corrected chi connectivity index (χ1v) is 7.19. The first kappa shape index (κ1) is 14.2. The van der Waals surface area contributed by atoms with Crippen LogP contribution >= 0.6 is 0 Å². The van der Waals surface area contributed by atoms with Crippen molar-refractivity contribution in [2.24, 2.45) is 0 Å². The highest BCUT2D eigenvalue weighted by molar-refractivity contribution is 5.12. The largest absolute Gasteiger partial charge is 0.309 e. The molecule has 0 atom stereocenters. The summed E-state index contributed by atoms with van der Waals surface area (Å²) in [5.74, 6) is 0. The van der Waals surface area contributed by atoms with Gasteiger partial charge in [0, 0.05) is 32.2 Å². The molecule has 2 rings (SSSR count). The lowest BCUT2D eigenvalue weighted by atomic mass is 10.1. The quantitative estimate of drug-likeness (QED) is 0.824. The van der Waals surface area contributed by atoms with Gasteiger partial charge < -0.3 is 5.32 Å². The molecule has 3 nitrogen and oxygen atoms in total. The molecule has 0 aromatic carbocycles. The smallest absolute Gasteiger partial charge is 0.0547 e. The molecule has 1 aliphatic heterocycles. The summed E-state index contributed by atoms with van der Waals surface area (Å²) in [4.78, 5) is 7.19. The Morgan fingerprint density at radius 1 is 1.32 bits per heavy atom. The number of rotatable bonds is 5. The van der Waals surface area contributed by atoms with Crippen LogP contribution in [0.3, 0.4) is 0 Å². The maximum Gasteiger partial charge on any atom is 0.0547 e. The Hall–Kier alpha value is -1.19. The van der Waals surface area contributed by atoms with E-state index in [0.29, 0.717) is 6.04 Å². The SMILES string of the molecule is CC1=CCN(Cc2cccc(CNC(C)C)n2)CC1. The minimum absolute atomic E-state index is 0.501. The number of aromatic nitrogens is 1. The van der Waals surface area contributed by atoms with Gasteiger partial charge in [0.25, 0.3) is 0 Å². The van der Waals surface area contributed by atoms with E-state index in [9.17, 15) is 0 Å². The van der Waals surface area contributed by atoms with Crippen LogP contribution < -0.4 is 5.32 Å². The van der Waals surface area contributed by atoms with E-state index in [4.69, 9.17) is 4.98 Å². The molecule has 0 bridgehead atoms. The Morgan fingerprint density at radius 2 is 2.11 bits per heavy atom. The van der Waals surface area contributed by atoms with Crippen LogP contribution in [0.1, 0.15) is 38.6 Å². The second kappa shape index (κ2) is 6.83. The van der Waals surface area contributed by atoms with Crippen molar-refractivity contribution < 1.29 is 0 Å². The van der Waals surface area contributed by atoms with Crippen molar-refractivity contribution in [1.82, 2.24) is 15.2 Å². The number of hydrogen-bond acceptors (Lipinski definition) is 3. The third-order valence-electron chi connectivity index (χ3n) is 3.46. The highest BCUT2D eigenvalue weighted by atomic mass is 15.1. The van der Waals surface area contributed by atoms with Gasteiger partial charge in [-0.25, -0.2) is 0 Å². The first-order valence-electron chi connectivity index (χ1n) is 7.19. The van der Waals surface area contributed by atoms with Gasteiger partial charge in [0.15, 0.2) is 0 Å². The van der Waals surface area contributed by atoms with Crippen LogP contribution in [-0.2, 0) is 13.1 Å². The highest BCUT2D eigenvalue weighted by Gasteiger charge is 2.10. The van der Waals surface area contributed by atoms with Crippen LogP contribution in [0.2, 0.25) is 0 Å². The first-order chi connectivity index (χ1) is 9.13. The van der Waals surface area contributed by atoms with Gasteiger partial charge >= 0.3 is 0 Å². The van der Waals surface area contributed by atoms with Gasteiger partial charge in [-0.05, 0) is 25.5 Å². The summed E-state index contributed by atoms with van der Waals surface area (Å²) in [6.45, 7) is 10.6. The number of nitrogens with one attached hydrogen (secondary N) is 1. The van der Waals surface area contributed by atoms with E-state index in [0.717, 1.165) is 31.9 Å². The van der Waals surface area contributed by atoms with Crippen LogP contribution in [0.15, 0.2) is 29.8 Å². The van der Waals surface area contributed by atoms with Crippen molar-refractivity contribution in [1.29, 1.82) is 0 Å². The number of hydrogen-bond donors (Lipinski definition) is 1. The second-order valence-corrected chi connectivity index (χ2v) is 5.69. The Kier molecular flexibility index (Phi) is 5.11. The van der Waals surface area contributed by atoms with Crippen molar-refractivity contribution in [3.63, 3.8) is 0 Å². The molecule has 1 N–H and O–H groups in total. The molecule has 0 radical (unpaired) electrons. The fraction of sp³-hybridized carbons (Fsp3) is 0.562. The highest BCUT2D eigenvalue weighted by Crippen LogP contribution is 2.12. The standard InChI is InChI=1S/C16H25N3/c1-13(2)17-11-15-5-4-6-16(18-15)12-19-9-7-14(3)8-10-19/h4-7,13,17H,8-12H2,1-3H3. The van der Waals surface area contributed by atoms with Crippen LogP contribution in [0, 0.1) is 0 Å². The summed E-state index contributed by atoms with van der Waals surface area (Å²) in [5.41, 5.74) is 3.82. The second-order valence-electron chi connectivity index (χ2n) is 5.69. The fourth-order valence-corrected chi connectivity index (χ4v) is 2.21. The Balaban J connectivity index is 1.91. The van der Waals surface area contributed by atoms with Crippen molar-refractivity contribution >= 4 is 0 Å². The lowest BCUT2D eigenvalue weighted by Crippen LogP contribution is -2.28. The summed E-state index contributed by atoms with van der Waals surface area (Å²) < 4.78 is 0. The van der Waals surface area contributed by atoms with Crippen molar-refractivity contribution in [3.8, 4) is 0 Å². The Morgan fingerprint density at radius 3 is 2.79 bits per heavy atom. The van der Waals surface area contributed by atoms with Crippen molar-refractivity contribution in [2.75, 3.05) is 13.1 Å². The molecule has 0 aliphatic carbocycles. The molecular weight excluding hydrogens is 234 g/mol. The van der Waals surface area contributed by atoms with E-state index in [1.165, 1.54) is 17.7 Å². The van der Waals surface area contributed by atoms with E-state index in [2.05, 4.69) is 55.3 Å². The lowest BCUT2D eigenvalue weighted by Gasteiger charge is -2.24. The molecular formula is C16H25N3. The van der Waals surface area contributed by atoms with Gasteiger partial charge in [-0.1, -0.05) is 31.6 Å². The molecule has 0 unspecified atom stereocenters. The van der Waals surface area contributed by atoms with Crippen LogP contribution in [0.25, 0.3) is 0 Å². The maximum absolute atomic E-state index is 4.73. The molecule has 0 spiro atoms. The van der Waals surface area contributed by atoms with Crippen LogP contribution in [-0.4, -0.2) is 29.0 Å². The molecule has 0 saturated heterocycles. The molecule has 0 amide bonds. The van der Waals surface area contributed by atoms with E-state index >= 15 is 0 Å². The molecule has 1 aromatic rings. The molecule has 104 valence electrons. The fourth-order valence-electron chi connectivity index (χ4n) is 2.21. The van der Waals surface area contributed by atoms with E-state index in [1.54, 1.807) is 0 Å². The zero-order valence-electron chi connectivity index (χ0n) is 12.3. The number of nitrogens with zero attached hydrogens (tertiary/aromatic N) is 2.